The number of carbonyl (C=O) groups excluding carboxylic acids is 2. The molecule has 0 saturated heterocycles. The van der Waals surface area contributed by atoms with Gasteiger partial charge in [0.05, 0.1) is 18.4 Å². The molecule has 1 aromatic rings. The van der Waals surface area contributed by atoms with Gasteiger partial charge in [-0.05, 0) is 12.5 Å². The molecule has 0 bridgehead atoms. The summed E-state index contributed by atoms with van der Waals surface area (Å²) in [7, 11) is 1.08. The minimum Gasteiger partial charge on any atom is -0.464 e. The van der Waals surface area contributed by atoms with Gasteiger partial charge < -0.3 is 10.1 Å². The number of hydrogen-bond donors (Lipinski definition) is 1. The smallest absolute Gasteiger partial charge is 0.418 e. The van der Waals surface area contributed by atoms with Crippen LogP contribution in [0, 0.1) is 12.3 Å². The van der Waals surface area contributed by atoms with E-state index in [1.54, 1.807) is 20.8 Å². The molecule has 1 rings (SSSR count). The lowest BCUT2D eigenvalue weighted by atomic mass is 9.95. The Hall–Kier alpha value is -2.12. The lowest BCUT2D eigenvalue weighted by Crippen LogP contribution is -2.29. The zero-order chi connectivity index (χ0) is 17.3. The van der Waals surface area contributed by atoms with Crippen LogP contribution >= 0.6 is 0 Å². The molecule has 1 amide bonds. The van der Waals surface area contributed by atoms with Crippen molar-refractivity contribution >= 4 is 17.6 Å². The van der Waals surface area contributed by atoms with E-state index in [-0.39, 0.29) is 16.9 Å². The number of esters is 1. The molecule has 0 radical (unpaired) electrons. The van der Waals surface area contributed by atoms with E-state index in [1.165, 1.54) is 0 Å². The normalized spacial score (nSPS) is 12.0. The van der Waals surface area contributed by atoms with E-state index in [2.05, 4.69) is 15.0 Å². The van der Waals surface area contributed by atoms with E-state index in [0.717, 1.165) is 14.0 Å². The summed E-state index contributed by atoms with van der Waals surface area (Å²) in [5, 5.41) is 2.34. The number of hydrogen-bond acceptors (Lipinski definition) is 4. The molecule has 0 saturated carbocycles. The van der Waals surface area contributed by atoms with Crippen LogP contribution in [0.4, 0.5) is 18.9 Å². The molecule has 0 aliphatic carbocycles. The Morgan fingerprint density at radius 2 is 1.77 bits per heavy atom. The third-order valence-corrected chi connectivity index (χ3v) is 2.94. The first kappa shape index (κ1) is 17.9. The zero-order valence-electron chi connectivity index (χ0n) is 12.9. The molecule has 0 atom stereocenters. The highest BCUT2D eigenvalue weighted by Gasteiger charge is 2.36. The van der Waals surface area contributed by atoms with E-state index in [9.17, 15) is 22.8 Å². The van der Waals surface area contributed by atoms with Crippen molar-refractivity contribution in [2.75, 3.05) is 12.4 Å². The number of carbonyl (C=O) groups is 2. The number of amides is 1. The van der Waals surface area contributed by atoms with Gasteiger partial charge in [-0.15, -0.1) is 0 Å². The van der Waals surface area contributed by atoms with Crippen LogP contribution in [-0.2, 0) is 15.7 Å². The van der Waals surface area contributed by atoms with Crippen molar-refractivity contribution in [3.63, 3.8) is 0 Å². The zero-order valence-corrected chi connectivity index (χ0v) is 12.9. The topological polar surface area (TPSA) is 68.3 Å². The Labute approximate surface area is 125 Å². The van der Waals surface area contributed by atoms with E-state index in [0.29, 0.717) is 6.20 Å². The van der Waals surface area contributed by atoms with Crippen LogP contribution in [-0.4, -0.2) is 24.0 Å². The summed E-state index contributed by atoms with van der Waals surface area (Å²) in [5.74, 6) is -1.47. The maximum Gasteiger partial charge on any atom is 0.418 e. The van der Waals surface area contributed by atoms with Crippen LogP contribution in [0.15, 0.2) is 6.20 Å². The van der Waals surface area contributed by atoms with Crippen molar-refractivity contribution in [2.24, 2.45) is 5.41 Å². The van der Waals surface area contributed by atoms with E-state index in [4.69, 9.17) is 0 Å². The van der Waals surface area contributed by atoms with Crippen LogP contribution < -0.4 is 5.32 Å². The molecule has 0 aliphatic heterocycles. The number of pyridine rings is 1. The largest absolute Gasteiger partial charge is 0.464 e. The first-order chi connectivity index (χ1) is 9.89. The summed E-state index contributed by atoms with van der Waals surface area (Å²) in [6, 6.07) is 0. The summed E-state index contributed by atoms with van der Waals surface area (Å²) in [5.41, 5.74) is -2.83. The fourth-order valence-corrected chi connectivity index (χ4v) is 1.59. The van der Waals surface area contributed by atoms with Gasteiger partial charge in [-0.25, -0.2) is 9.78 Å². The third-order valence-electron chi connectivity index (χ3n) is 2.94. The Morgan fingerprint density at radius 3 is 2.18 bits per heavy atom. The minimum atomic E-state index is -4.65. The third kappa shape index (κ3) is 3.75. The lowest BCUT2D eigenvalue weighted by Gasteiger charge is -2.21. The second-order valence-corrected chi connectivity index (χ2v) is 5.71. The average Bonchev–Trinajstić information content (AvgIpc) is 2.37. The highest BCUT2D eigenvalue weighted by atomic mass is 19.4. The highest BCUT2D eigenvalue weighted by molar-refractivity contribution is 6.02. The van der Waals surface area contributed by atoms with Crippen LogP contribution in [0.25, 0.3) is 0 Å². The summed E-state index contributed by atoms with van der Waals surface area (Å²) in [6.07, 6.45) is -4.10. The summed E-state index contributed by atoms with van der Waals surface area (Å²) < 4.78 is 43.3. The van der Waals surface area contributed by atoms with E-state index >= 15 is 0 Å². The molecule has 1 aromatic heterocycles. The Balaban J connectivity index is 3.48. The van der Waals surface area contributed by atoms with Gasteiger partial charge in [-0.3, -0.25) is 4.79 Å². The van der Waals surface area contributed by atoms with Crippen molar-refractivity contribution < 1.29 is 27.5 Å². The van der Waals surface area contributed by atoms with Gasteiger partial charge in [0.2, 0.25) is 5.91 Å². The molecule has 0 spiro atoms. The minimum absolute atomic E-state index is 0.290. The molecule has 1 N–H and O–H groups in total. The van der Waals surface area contributed by atoms with Gasteiger partial charge in [0, 0.05) is 11.6 Å². The van der Waals surface area contributed by atoms with Gasteiger partial charge in [-0.1, -0.05) is 20.8 Å². The first-order valence-electron chi connectivity index (χ1n) is 6.36. The molecular weight excluding hydrogens is 301 g/mol. The molecule has 122 valence electrons. The molecule has 0 aliphatic rings. The quantitative estimate of drug-likeness (QED) is 0.850. The fraction of sp³-hybridized carbons (Fsp3) is 0.500. The number of rotatable bonds is 2. The van der Waals surface area contributed by atoms with E-state index < -0.39 is 29.0 Å². The summed E-state index contributed by atoms with van der Waals surface area (Å²) in [4.78, 5) is 27.2. The summed E-state index contributed by atoms with van der Waals surface area (Å²) in [6.45, 7) is 5.94. The SMILES string of the molecule is COC(=O)c1ncc(C(F)(F)F)c(C)c1NC(=O)C(C)(C)C. The number of nitrogens with one attached hydrogen (secondary N) is 1. The molecule has 8 heteroatoms. The second-order valence-electron chi connectivity index (χ2n) is 5.71. The fourth-order valence-electron chi connectivity index (χ4n) is 1.59. The van der Waals surface area contributed by atoms with Crippen molar-refractivity contribution in [2.45, 2.75) is 33.9 Å². The van der Waals surface area contributed by atoms with Gasteiger partial charge in [0.1, 0.15) is 0 Å². The molecule has 0 aromatic carbocycles. The number of ether oxygens (including phenoxy) is 1. The Kier molecular flexibility index (Phi) is 4.84. The lowest BCUT2D eigenvalue weighted by molar-refractivity contribution is -0.138. The molecule has 5 nitrogen and oxygen atoms in total. The van der Waals surface area contributed by atoms with Crippen LogP contribution in [0.3, 0.4) is 0 Å². The predicted octanol–water partition coefficient (Wildman–Crippen LogP) is 3.18. The highest BCUT2D eigenvalue weighted by Crippen LogP contribution is 2.35. The molecular formula is C14H17F3N2O3. The van der Waals surface area contributed by atoms with Crippen molar-refractivity contribution in [1.82, 2.24) is 4.98 Å². The molecule has 22 heavy (non-hydrogen) atoms. The maximum atomic E-state index is 12.9. The Morgan fingerprint density at radius 1 is 1.23 bits per heavy atom. The van der Waals surface area contributed by atoms with Crippen molar-refractivity contribution in [1.29, 1.82) is 0 Å². The van der Waals surface area contributed by atoms with Crippen LogP contribution in [0.5, 0.6) is 0 Å². The standard InChI is InChI=1S/C14H17F3N2O3/c1-7-8(14(15,16)17)6-18-10(11(20)22-5)9(7)19-12(21)13(2,3)4/h6H,1-5H3,(H,19,21). The number of alkyl halides is 3. The molecule has 1 heterocycles. The second kappa shape index (κ2) is 5.94. The number of methoxy groups -OCH3 is 1. The van der Waals surface area contributed by atoms with Gasteiger partial charge in [-0.2, -0.15) is 13.2 Å². The molecule has 0 fully saturated rings. The number of halogens is 3. The monoisotopic (exact) mass is 318 g/mol. The van der Waals surface area contributed by atoms with Gasteiger partial charge in [0.15, 0.2) is 5.69 Å². The van der Waals surface area contributed by atoms with Crippen LogP contribution in [0.1, 0.15) is 42.4 Å². The number of nitrogens with zero attached hydrogens (tertiary/aromatic N) is 1. The van der Waals surface area contributed by atoms with Gasteiger partial charge in [0.25, 0.3) is 0 Å². The van der Waals surface area contributed by atoms with Crippen molar-refractivity contribution in [3.05, 3.63) is 23.0 Å². The van der Waals surface area contributed by atoms with E-state index in [1.807, 2.05) is 0 Å². The van der Waals surface area contributed by atoms with Gasteiger partial charge >= 0.3 is 12.1 Å². The Bertz CT molecular complexity index is 605. The van der Waals surface area contributed by atoms with Crippen molar-refractivity contribution in [3.8, 4) is 0 Å². The summed E-state index contributed by atoms with van der Waals surface area (Å²) >= 11 is 0. The molecule has 0 unspecified atom stereocenters. The number of aromatic nitrogens is 1. The first-order valence-corrected chi connectivity index (χ1v) is 6.36. The predicted molar refractivity (Wildman–Crippen MR) is 73.4 cm³/mol. The number of anilines is 1. The average molecular weight is 318 g/mol. The van der Waals surface area contributed by atoms with Crippen LogP contribution in [0.2, 0.25) is 0 Å². The maximum absolute atomic E-state index is 12.9.